The molecule has 0 N–H and O–H groups in total. The second-order valence-electron chi connectivity index (χ2n) is 3.32. The van der Waals surface area contributed by atoms with Gasteiger partial charge in [0.15, 0.2) is 5.78 Å². The summed E-state index contributed by atoms with van der Waals surface area (Å²) in [5.41, 5.74) is 1.41. The van der Waals surface area contributed by atoms with Crippen molar-refractivity contribution in [3.8, 4) is 5.75 Å². The van der Waals surface area contributed by atoms with E-state index in [1.54, 1.807) is 37.6 Å². The summed E-state index contributed by atoms with van der Waals surface area (Å²) in [6, 6.07) is 7.09. The largest absolute Gasteiger partial charge is 0.500 e. The standard InChI is InChI=1S/C12H12O3/c1-14-11-4-2-9(3-5-11)12(13)10-6-7-15-8-10/h2-5,8H,6-7H2,1H3. The van der Waals surface area contributed by atoms with Gasteiger partial charge in [-0.1, -0.05) is 0 Å². The maximum absolute atomic E-state index is 11.9. The van der Waals surface area contributed by atoms with E-state index >= 15 is 0 Å². The molecule has 3 nitrogen and oxygen atoms in total. The molecule has 1 aromatic rings. The van der Waals surface area contributed by atoms with E-state index < -0.39 is 0 Å². The Bertz CT molecular complexity index is 390. The molecule has 1 aliphatic heterocycles. The van der Waals surface area contributed by atoms with Crippen LogP contribution >= 0.6 is 0 Å². The number of rotatable bonds is 3. The molecule has 1 aromatic carbocycles. The fraction of sp³-hybridized carbons (Fsp3) is 0.250. The molecule has 3 heteroatoms. The lowest BCUT2D eigenvalue weighted by atomic mass is 10.0. The molecule has 0 aliphatic carbocycles. The second kappa shape index (κ2) is 4.17. The van der Waals surface area contributed by atoms with Crippen LogP contribution in [0, 0.1) is 0 Å². The molecule has 15 heavy (non-hydrogen) atoms. The predicted octanol–water partition coefficient (Wildman–Crippen LogP) is 2.18. The van der Waals surface area contributed by atoms with Gasteiger partial charge in [-0.25, -0.2) is 0 Å². The van der Waals surface area contributed by atoms with Gasteiger partial charge in [0.1, 0.15) is 5.75 Å². The van der Waals surface area contributed by atoms with Crippen molar-refractivity contribution in [2.45, 2.75) is 6.42 Å². The zero-order valence-electron chi connectivity index (χ0n) is 8.53. The molecule has 0 fully saturated rings. The molecule has 0 atom stereocenters. The van der Waals surface area contributed by atoms with Gasteiger partial charge in [-0.2, -0.15) is 0 Å². The summed E-state index contributed by atoms with van der Waals surface area (Å²) in [6.07, 6.45) is 2.25. The average Bonchev–Trinajstić information content (AvgIpc) is 2.82. The molecule has 0 saturated carbocycles. The molecule has 0 bridgehead atoms. The number of Topliss-reactive ketones (excluding diaryl/α,β-unsaturated/α-hetero) is 1. The van der Waals surface area contributed by atoms with Crippen molar-refractivity contribution in [1.29, 1.82) is 0 Å². The lowest BCUT2D eigenvalue weighted by Gasteiger charge is -2.02. The van der Waals surface area contributed by atoms with Crippen LogP contribution in [0.1, 0.15) is 16.8 Å². The van der Waals surface area contributed by atoms with E-state index in [1.807, 2.05) is 0 Å². The van der Waals surface area contributed by atoms with E-state index in [4.69, 9.17) is 9.47 Å². The van der Waals surface area contributed by atoms with E-state index in [0.29, 0.717) is 18.6 Å². The van der Waals surface area contributed by atoms with Gasteiger partial charge in [0.2, 0.25) is 0 Å². The van der Waals surface area contributed by atoms with E-state index in [9.17, 15) is 4.79 Å². The average molecular weight is 204 g/mol. The van der Waals surface area contributed by atoms with Crippen molar-refractivity contribution in [2.75, 3.05) is 13.7 Å². The third kappa shape index (κ3) is 2.01. The van der Waals surface area contributed by atoms with Crippen molar-refractivity contribution < 1.29 is 14.3 Å². The van der Waals surface area contributed by atoms with Gasteiger partial charge in [0.05, 0.1) is 20.0 Å². The van der Waals surface area contributed by atoms with Crippen LogP contribution in [0.5, 0.6) is 5.75 Å². The third-order valence-electron chi connectivity index (χ3n) is 2.36. The van der Waals surface area contributed by atoms with Gasteiger partial charge in [0, 0.05) is 17.6 Å². The normalized spacial score (nSPS) is 14.3. The van der Waals surface area contributed by atoms with Crippen LogP contribution in [-0.2, 0) is 4.74 Å². The lowest BCUT2D eigenvalue weighted by Crippen LogP contribution is -2.01. The van der Waals surface area contributed by atoms with Crippen molar-refractivity contribution in [2.24, 2.45) is 0 Å². The van der Waals surface area contributed by atoms with Gasteiger partial charge in [-0.05, 0) is 24.3 Å². The third-order valence-corrected chi connectivity index (χ3v) is 2.36. The minimum absolute atomic E-state index is 0.0372. The summed E-state index contributed by atoms with van der Waals surface area (Å²) >= 11 is 0. The maximum atomic E-state index is 11.9. The number of carbonyl (C=O) groups excluding carboxylic acids is 1. The van der Waals surface area contributed by atoms with Crippen LogP contribution in [0.3, 0.4) is 0 Å². The smallest absolute Gasteiger partial charge is 0.192 e. The van der Waals surface area contributed by atoms with E-state index in [2.05, 4.69) is 0 Å². The molecule has 2 rings (SSSR count). The molecule has 0 unspecified atom stereocenters. The molecular weight excluding hydrogens is 192 g/mol. The number of methoxy groups -OCH3 is 1. The topological polar surface area (TPSA) is 35.5 Å². The predicted molar refractivity (Wildman–Crippen MR) is 56.0 cm³/mol. The van der Waals surface area contributed by atoms with Crippen LogP contribution in [0.15, 0.2) is 36.1 Å². The minimum Gasteiger partial charge on any atom is -0.500 e. The summed E-state index contributed by atoms with van der Waals surface area (Å²) < 4.78 is 10.1. The summed E-state index contributed by atoms with van der Waals surface area (Å²) in [4.78, 5) is 11.9. The fourth-order valence-corrected chi connectivity index (χ4v) is 1.48. The monoisotopic (exact) mass is 204 g/mol. The molecule has 0 amide bonds. The molecule has 78 valence electrons. The van der Waals surface area contributed by atoms with E-state index in [0.717, 1.165) is 11.3 Å². The quantitative estimate of drug-likeness (QED) is 0.708. The van der Waals surface area contributed by atoms with Crippen molar-refractivity contribution in [3.05, 3.63) is 41.7 Å². The Morgan fingerprint density at radius 1 is 1.33 bits per heavy atom. The summed E-state index contributed by atoms with van der Waals surface area (Å²) in [6.45, 7) is 0.608. The summed E-state index contributed by atoms with van der Waals surface area (Å²) in [5.74, 6) is 0.790. The summed E-state index contributed by atoms with van der Waals surface area (Å²) in [5, 5.41) is 0. The van der Waals surface area contributed by atoms with Gasteiger partial charge in [0.25, 0.3) is 0 Å². The van der Waals surface area contributed by atoms with E-state index in [-0.39, 0.29) is 5.78 Å². The second-order valence-corrected chi connectivity index (χ2v) is 3.32. The first-order valence-electron chi connectivity index (χ1n) is 4.80. The van der Waals surface area contributed by atoms with Gasteiger partial charge < -0.3 is 9.47 Å². The highest BCUT2D eigenvalue weighted by Gasteiger charge is 2.16. The van der Waals surface area contributed by atoms with Crippen molar-refractivity contribution >= 4 is 5.78 Å². The number of hydrogen-bond donors (Lipinski definition) is 0. The Labute approximate surface area is 88.3 Å². The molecule has 0 spiro atoms. The Kier molecular flexibility index (Phi) is 2.72. The number of ketones is 1. The van der Waals surface area contributed by atoms with Gasteiger partial charge >= 0.3 is 0 Å². The number of ether oxygens (including phenoxy) is 2. The minimum atomic E-state index is 0.0372. The Hall–Kier alpha value is -1.77. The van der Waals surface area contributed by atoms with Gasteiger partial charge in [-0.3, -0.25) is 4.79 Å². The van der Waals surface area contributed by atoms with Crippen molar-refractivity contribution in [3.63, 3.8) is 0 Å². The highest BCUT2D eigenvalue weighted by atomic mass is 16.5. The first kappa shape index (κ1) is 9.77. The molecule has 1 aliphatic rings. The number of hydrogen-bond acceptors (Lipinski definition) is 3. The first-order chi connectivity index (χ1) is 7.31. The van der Waals surface area contributed by atoms with Crippen LogP contribution in [0.4, 0.5) is 0 Å². The van der Waals surface area contributed by atoms with Crippen LogP contribution in [0.25, 0.3) is 0 Å². The van der Waals surface area contributed by atoms with Gasteiger partial charge in [-0.15, -0.1) is 0 Å². The zero-order chi connectivity index (χ0) is 10.7. The molecular formula is C12H12O3. The Balaban J connectivity index is 2.18. The number of benzene rings is 1. The first-order valence-corrected chi connectivity index (χ1v) is 4.80. The van der Waals surface area contributed by atoms with E-state index in [1.165, 1.54) is 0 Å². The lowest BCUT2D eigenvalue weighted by molar-refractivity contribution is 0.103. The fourth-order valence-electron chi connectivity index (χ4n) is 1.48. The van der Waals surface area contributed by atoms with Crippen molar-refractivity contribution in [1.82, 2.24) is 0 Å². The van der Waals surface area contributed by atoms with Crippen LogP contribution in [0.2, 0.25) is 0 Å². The zero-order valence-corrected chi connectivity index (χ0v) is 8.53. The highest BCUT2D eigenvalue weighted by molar-refractivity contribution is 6.08. The molecule has 0 radical (unpaired) electrons. The Morgan fingerprint density at radius 2 is 2.07 bits per heavy atom. The maximum Gasteiger partial charge on any atom is 0.192 e. The molecule has 0 saturated heterocycles. The SMILES string of the molecule is COc1ccc(C(=O)C2=COCC2)cc1. The Morgan fingerprint density at radius 3 is 2.60 bits per heavy atom. The van der Waals surface area contributed by atoms with Crippen LogP contribution in [-0.4, -0.2) is 19.5 Å². The number of carbonyl (C=O) groups is 1. The summed E-state index contributed by atoms with van der Waals surface area (Å²) in [7, 11) is 1.60. The van der Waals surface area contributed by atoms with Crippen LogP contribution < -0.4 is 4.74 Å². The molecule has 0 aromatic heterocycles. The molecule has 1 heterocycles. The highest BCUT2D eigenvalue weighted by Crippen LogP contribution is 2.18.